The van der Waals surface area contributed by atoms with E-state index in [1.54, 1.807) is 0 Å². The van der Waals surface area contributed by atoms with Crippen molar-refractivity contribution < 1.29 is 4.74 Å². The predicted octanol–water partition coefficient (Wildman–Crippen LogP) is 4.41. The Kier molecular flexibility index (Phi) is 5.80. The van der Waals surface area contributed by atoms with Gasteiger partial charge in [0.2, 0.25) is 0 Å². The van der Waals surface area contributed by atoms with E-state index in [-0.39, 0.29) is 0 Å². The van der Waals surface area contributed by atoms with Gasteiger partial charge in [0.25, 0.3) is 0 Å². The second-order valence-electron chi connectivity index (χ2n) is 4.25. The van der Waals surface area contributed by atoms with Crippen LogP contribution in [0.15, 0.2) is 10.6 Å². The Labute approximate surface area is 96.0 Å². The normalized spacial score (nSPS) is 25.1. The summed E-state index contributed by atoms with van der Waals surface area (Å²) in [6.07, 6.45) is 10.6. The van der Waals surface area contributed by atoms with Crippen LogP contribution in [0.2, 0.25) is 0 Å². The van der Waals surface area contributed by atoms with Crippen molar-refractivity contribution in [2.24, 2.45) is 0 Å². The molecule has 0 radical (unpaired) electrons. The highest BCUT2D eigenvalue weighted by atomic mass is 79.9. The molecule has 0 saturated carbocycles. The number of rotatable bonds is 2. The molecule has 0 aliphatic heterocycles. The Morgan fingerprint density at radius 2 is 2.00 bits per heavy atom. The standard InChI is InChI=1S/C12H21BrO/c1-10(2)14-12-9-7-5-3-4-6-8-11(12)13/h8,10,12H,3-7,9H2,1-2H3. The van der Waals surface area contributed by atoms with Crippen LogP contribution in [0.25, 0.3) is 0 Å². The van der Waals surface area contributed by atoms with Crippen LogP contribution < -0.4 is 0 Å². The molecule has 82 valence electrons. The Hall–Kier alpha value is 0.180. The summed E-state index contributed by atoms with van der Waals surface area (Å²) in [5.41, 5.74) is 0. The molecule has 1 nitrogen and oxygen atoms in total. The monoisotopic (exact) mass is 260 g/mol. The molecule has 0 heterocycles. The van der Waals surface area contributed by atoms with E-state index in [1.807, 2.05) is 0 Å². The molecule has 0 aromatic rings. The molecule has 0 N–H and O–H groups in total. The number of allylic oxidation sites excluding steroid dienone is 1. The summed E-state index contributed by atoms with van der Waals surface area (Å²) in [6.45, 7) is 4.21. The van der Waals surface area contributed by atoms with Gasteiger partial charge >= 0.3 is 0 Å². The smallest absolute Gasteiger partial charge is 0.0889 e. The summed E-state index contributed by atoms with van der Waals surface area (Å²) in [5, 5.41) is 0. The zero-order valence-electron chi connectivity index (χ0n) is 9.26. The van der Waals surface area contributed by atoms with Gasteiger partial charge in [0.1, 0.15) is 0 Å². The van der Waals surface area contributed by atoms with Crippen LogP contribution in [-0.2, 0) is 4.74 Å². The largest absolute Gasteiger partial charge is 0.370 e. The first-order valence-corrected chi connectivity index (χ1v) is 6.50. The lowest BCUT2D eigenvalue weighted by atomic mass is 10.1. The summed E-state index contributed by atoms with van der Waals surface area (Å²) in [7, 11) is 0. The van der Waals surface area contributed by atoms with Crippen molar-refractivity contribution in [3.05, 3.63) is 10.6 Å². The van der Waals surface area contributed by atoms with Crippen molar-refractivity contribution in [2.45, 2.75) is 64.6 Å². The fraction of sp³-hybridized carbons (Fsp3) is 0.833. The molecule has 1 aliphatic carbocycles. The molecule has 2 heteroatoms. The van der Waals surface area contributed by atoms with Gasteiger partial charge in [-0.05, 0) is 33.1 Å². The van der Waals surface area contributed by atoms with Crippen molar-refractivity contribution in [1.82, 2.24) is 0 Å². The Bertz CT molecular complexity index is 187. The molecule has 1 unspecified atom stereocenters. The minimum Gasteiger partial charge on any atom is -0.370 e. The van der Waals surface area contributed by atoms with Gasteiger partial charge in [0.05, 0.1) is 12.2 Å². The third-order valence-corrected chi connectivity index (χ3v) is 3.34. The van der Waals surface area contributed by atoms with E-state index >= 15 is 0 Å². The fourth-order valence-corrected chi connectivity index (χ4v) is 2.36. The Morgan fingerprint density at radius 3 is 2.71 bits per heavy atom. The van der Waals surface area contributed by atoms with Crippen molar-refractivity contribution in [1.29, 1.82) is 0 Å². The third kappa shape index (κ3) is 4.61. The van der Waals surface area contributed by atoms with Gasteiger partial charge in [-0.25, -0.2) is 0 Å². The van der Waals surface area contributed by atoms with Crippen molar-refractivity contribution >= 4 is 15.9 Å². The molecular formula is C12H21BrO. The second kappa shape index (κ2) is 6.62. The van der Waals surface area contributed by atoms with Gasteiger partial charge in [-0.3, -0.25) is 0 Å². The fourth-order valence-electron chi connectivity index (χ4n) is 1.80. The lowest BCUT2D eigenvalue weighted by Gasteiger charge is -2.19. The van der Waals surface area contributed by atoms with E-state index in [1.165, 1.54) is 36.6 Å². The lowest BCUT2D eigenvalue weighted by Crippen LogP contribution is -2.18. The zero-order chi connectivity index (χ0) is 10.4. The minimum atomic E-state index is 0.299. The van der Waals surface area contributed by atoms with E-state index in [4.69, 9.17) is 4.74 Å². The van der Waals surface area contributed by atoms with Crippen molar-refractivity contribution in [3.8, 4) is 0 Å². The molecule has 0 fully saturated rings. The van der Waals surface area contributed by atoms with Gasteiger partial charge in [-0.15, -0.1) is 0 Å². The number of ether oxygens (including phenoxy) is 1. The molecule has 0 amide bonds. The van der Waals surface area contributed by atoms with Crippen LogP contribution in [0.5, 0.6) is 0 Å². The highest BCUT2D eigenvalue weighted by molar-refractivity contribution is 9.11. The van der Waals surface area contributed by atoms with Gasteiger partial charge < -0.3 is 4.74 Å². The van der Waals surface area contributed by atoms with E-state index in [9.17, 15) is 0 Å². The van der Waals surface area contributed by atoms with Crippen molar-refractivity contribution in [3.63, 3.8) is 0 Å². The summed E-state index contributed by atoms with van der Waals surface area (Å²) < 4.78 is 7.14. The Morgan fingerprint density at radius 1 is 1.29 bits per heavy atom. The van der Waals surface area contributed by atoms with Gasteiger partial charge in [0, 0.05) is 4.48 Å². The molecule has 0 aromatic heterocycles. The molecule has 14 heavy (non-hydrogen) atoms. The summed E-state index contributed by atoms with van der Waals surface area (Å²) >= 11 is 3.64. The number of halogens is 1. The summed E-state index contributed by atoms with van der Waals surface area (Å²) in [6, 6.07) is 0. The number of hydrogen-bond donors (Lipinski definition) is 0. The first-order chi connectivity index (χ1) is 6.70. The summed E-state index contributed by atoms with van der Waals surface area (Å²) in [5.74, 6) is 0. The topological polar surface area (TPSA) is 9.23 Å². The molecule has 0 spiro atoms. The van der Waals surface area contributed by atoms with Crippen LogP contribution in [0, 0.1) is 0 Å². The summed E-state index contributed by atoms with van der Waals surface area (Å²) in [4.78, 5) is 0. The molecule has 1 atom stereocenters. The first kappa shape index (κ1) is 12.3. The number of hydrogen-bond acceptors (Lipinski definition) is 1. The van der Waals surface area contributed by atoms with Crippen LogP contribution in [0.4, 0.5) is 0 Å². The first-order valence-electron chi connectivity index (χ1n) is 5.71. The highest BCUT2D eigenvalue weighted by Crippen LogP contribution is 2.24. The predicted molar refractivity (Wildman–Crippen MR) is 64.7 cm³/mol. The van der Waals surface area contributed by atoms with Crippen molar-refractivity contribution in [2.75, 3.05) is 0 Å². The van der Waals surface area contributed by atoms with E-state index in [0.29, 0.717) is 12.2 Å². The molecular weight excluding hydrogens is 240 g/mol. The molecule has 1 rings (SSSR count). The van der Waals surface area contributed by atoms with Gasteiger partial charge in [0.15, 0.2) is 0 Å². The van der Waals surface area contributed by atoms with E-state index in [0.717, 1.165) is 6.42 Å². The maximum absolute atomic E-state index is 5.88. The minimum absolute atomic E-state index is 0.299. The average molecular weight is 261 g/mol. The van der Waals surface area contributed by atoms with E-state index < -0.39 is 0 Å². The average Bonchev–Trinajstić information content (AvgIpc) is 2.20. The molecule has 0 saturated heterocycles. The molecule has 0 aromatic carbocycles. The molecule has 1 aliphatic rings. The second-order valence-corrected chi connectivity index (χ2v) is 5.17. The lowest BCUT2D eigenvalue weighted by molar-refractivity contribution is 0.0282. The highest BCUT2D eigenvalue weighted by Gasteiger charge is 2.14. The SMILES string of the molecule is CC(C)OC1CCCCCCC=C1Br. The van der Waals surface area contributed by atoms with Gasteiger partial charge in [-0.1, -0.05) is 41.3 Å². The Balaban J connectivity index is 2.52. The van der Waals surface area contributed by atoms with Crippen LogP contribution >= 0.6 is 15.9 Å². The third-order valence-electron chi connectivity index (χ3n) is 2.50. The quantitative estimate of drug-likeness (QED) is 0.715. The maximum atomic E-state index is 5.88. The maximum Gasteiger partial charge on any atom is 0.0889 e. The van der Waals surface area contributed by atoms with Crippen LogP contribution in [0.1, 0.15) is 52.4 Å². The van der Waals surface area contributed by atoms with Crippen LogP contribution in [-0.4, -0.2) is 12.2 Å². The van der Waals surface area contributed by atoms with Gasteiger partial charge in [-0.2, -0.15) is 0 Å². The van der Waals surface area contributed by atoms with Crippen LogP contribution in [0.3, 0.4) is 0 Å². The zero-order valence-corrected chi connectivity index (χ0v) is 10.8. The van der Waals surface area contributed by atoms with E-state index in [2.05, 4.69) is 35.9 Å². The molecule has 0 bridgehead atoms.